The van der Waals surface area contributed by atoms with Crippen LogP contribution in [0.3, 0.4) is 0 Å². The van der Waals surface area contributed by atoms with E-state index >= 15 is 0 Å². The third-order valence-corrected chi connectivity index (χ3v) is 8.22. The van der Waals surface area contributed by atoms with Crippen molar-refractivity contribution in [1.29, 1.82) is 0 Å². The van der Waals surface area contributed by atoms with Gasteiger partial charge in [-0.05, 0) is 5.04 Å². The predicted molar refractivity (Wildman–Crippen MR) is 81.5 cm³/mol. The molecule has 0 saturated carbocycles. The third-order valence-electron chi connectivity index (χ3n) is 3.14. The molecule has 2 radical (unpaired) electrons. The molecule has 0 amide bonds. The molecule has 0 aliphatic carbocycles. The second-order valence-corrected chi connectivity index (χ2v) is 14.6. The van der Waals surface area contributed by atoms with Crippen LogP contribution in [0.5, 0.6) is 0 Å². The molecule has 0 aromatic rings. The molecular weight excluding hydrogens is 224 g/mol. The van der Waals surface area contributed by atoms with E-state index in [1.807, 2.05) is 0 Å². The van der Waals surface area contributed by atoms with Gasteiger partial charge in [-0.15, -0.1) is 0 Å². The van der Waals surface area contributed by atoms with Crippen LogP contribution in [-0.4, -0.2) is 17.6 Å². The Kier molecular flexibility index (Phi) is 7.91. The first kappa shape index (κ1) is 16.4. The van der Waals surface area contributed by atoms with Crippen LogP contribution in [0.25, 0.3) is 0 Å². The first-order valence-corrected chi connectivity index (χ1v) is 11.6. The highest BCUT2D eigenvalue weighted by Gasteiger charge is 2.19. The summed E-state index contributed by atoms with van der Waals surface area (Å²) in [5.74, 6) is 0. The van der Waals surface area contributed by atoms with Gasteiger partial charge in [-0.1, -0.05) is 84.6 Å². The summed E-state index contributed by atoms with van der Waals surface area (Å²) in [6.07, 6.45) is 5.79. The van der Waals surface area contributed by atoms with E-state index < -0.39 is 8.07 Å². The van der Waals surface area contributed by atoms with Gasteiger partial charge in [0.1, 0.15) is 0 Å². The van der Waals surface area contributed by atoms with Crippen LogP contribution in [0.1, 0.15) is 53.4 Å². The maximum atomic E-state index is 2.59. The molecule has 0 saturated heterocycles. The van der Waals surface area contributed by atoms with E-state index in [0.717, 1.165) is 9.52 Å². The van der Waals surface area contributed by atoms with Gasteiger partial charge < -0.3 is 0 Å². The Balaban J connectivity index is 3.57. The Hall–Kier alpha value is 0.434. The molecule has 0 spiro atoms. The smallest absolute Gasteiger partial charge is 0.0473 e. The summed E-state index contributed by atoms with van der Waals surface area (Å²) in [5, 5.41) is 0.563. The van der Waals surface area contributed by atoms with Gasteiger partial charge in [0.2, 0.25) is 0 Å². The van der Waals surface area contributed by atoms with E-state index in [0.29, 0.717) is 5.04 Å². The Labute approximate surface area is 107 Å². The van der Waals surface area contributed by atoms with Crippen LogP contribution < -0.4 is 0 Å². The zero-order valence-electron chi connectivity index (χ0n) is 12.4. The quantitative estimate of drug-likeness (QED) is 0.391. The molecule has 96 valence electrons. The fraction of sp³-hybridized carbons (Fsp3) is 1.00. The van der Waals surface area contributed by atoms with Gasteiger partial charge in [0.25, 0.3) is 0 Å². The van der Waals surface area contributed by atoms with Gasteiger partial charge in [-0.3, -0.25) is 0 Å². The standard InChI is InChI=1S/C14H32Si2/c1-7-8-9-12-16(5,6)13-10-11-15-14(2,3)4/h7-13H2,1-6H3. The normalized spacial score (nSPS) is 13.1. The lowest BCUT2D eigenvalue weighted by Crippen LogP contribution is -2.24. The van der Waals surface area contributed by atoms with Crippen molar-refractivity contribution in [3.05, 3.63) is 0 Å². The molecule has 0 heterocycles. The van der Waals surface area contributed by atoms with Gasteiger partial charge in [0, 0.05) is 17.6 Å². The second kappa shape index (κ2) is 7.70. The largest absolute Gasteiger partial charge is 0.0693 e. The van der Waals surface area contributed by atoms with Gasteiger partial charge >= 0.3 is 0 Å². The van der Waals surface area contributed by atoms with E-state index in [1.54, 1.807) is 12.1 Å². The molecule has 0 fully saturated rings. The molecule has 0 aliphatic heterocycles. The molecule has 0 N–H and O–H groups in total. The molecule has 2 heteroatoms. The van der Waals surface area contributed by atoms with Crippen molar-refractivity contribution in [1.82, 2.24) is 0 Å². The van der Waals surface area contributed by atoms with Crippen molar-refractivity contribution in [2.45, 2.75) is 89.6 Å². The average molecular weight is 257 g/mol. The Bertz CT molecular complexity index is 168. The summed E-state index contributed by atoms with van der Waals surface area (Å²) in [6, 6.07) is 4.58. The van der Waals surface area contributed by atoms with Crippen molar-refractivity contribution in [3.63, 3.8) is 0 Å². The lowest BCUT2D eigenvalue weighted by molar-refractivity contribution is 0.742. The maximum Gasteiger partial charge on any atom is 0.0473 e. The van der Waals surface area contributed by atoms with Crippen molar-refractivity contribution in [2.75, 3.05) is 0 Å². The van der Waals surface area contributed by atoms with Gasteiger partial charge in [-0.2, -0.15) is 0 Å². The van der Waals surface area contributed by atoms with Crippen molar-refractivity contribution in [3.8, 4) is 0 Å². The van der Waals surface area contributed by atoms with Crippen LogP contribution in [0.2, 0.25) is 36.3 Å². The van der Waals surface area contributed by atoms with Gasteiger partial charge in [0.15, 0.2) is 0 Å². The number of hydrogen-bond donors (Lipinski definition) is 0. The minimum absolute atomic E-state index is 0.563. The summed E-state index contributed by atoms with van der Waals surface area (Å²) < 4.78 is 0. The van der Waals surface area contributed by atoms with E-state index in [2.05, 4.69) is 40.8 Å². The molecule has 0 aromatic heterocycles. The van der Waals surface area contributed by atoms with Crippen molar-refractivity contribution >= 4 is 17.6 Å². The molecule has 0 nitrogen and oxygen atoms in total. The van der Waals surface area contributed by atoms with Crippen LogP contribution >= 0.6 is 0 Å². The minimum atomic E-state index is -0.832. The fourth-order valence-corrected chi connectivity index (χ4v) is 6.06. The zero-order chi connectivity index (χ0) is 12.7. The Morgan fingerprint density at radius 1 is 0.938 bits per heavy atom. The highest BCUT2D eigenvalue weighted by atomic mass is 28.3. The summed E-state index contributed by atoms with van der Waals surface area (Å²) in [5.41, 5.74) is 0. The van der Waals surface area contributed by atoms with E-state index in [9.17, 15) is 0 Å². The number of unbranched alkanes of at least 4 members (excludes halogenated alkanes) is 2. The van der Waals surface area contributed by atoms with Crippen molar-refractivity contribution in [2.24, 2.45) is 0 Å². The maximum absolute atomic E-state index is 2.59. The lowest BCUT2D eigenvalue weighted by Gasteiger charge is -2.23. The van der Waals surface area contributed by atoms with Crippen LogP contribution in [-0.2, 0) is 0 Å². The van der Waals surface area contributed by atoms with E-state index in [1.165, 1.54) is 31.7 Å². The van der Waals surface area contributed by atoms with E-state index in [-0.39, 0.29) is 0 Å². The first-order chi connectivity index (χ1) is 7.27. The molecule has 0 unspecified atom stereocenters. The molecule has 0 aliphatic rings. The highest BCUT2D eigenvalue weighted by Crippen LogP contribution is 2.26. The topological polar surface area (TPSA) is 0 Å². The highest BCUT2D eigenvalue weighted by molar-refractivity contribution is 6.77. The molecule has 16 heavy (non-hydrogen) atoms. The second-order valence-electron chi connectivity index (χ2n) is 6.90. The third kappa shape index (κ3) is 10.9. The Morgan fingerprint density at radius 3 is 2.00 bits per heavy atom. The van der Waals surface area contributed by atoms with Crippen molar-refractivity contribution < 1.29 is 0 Å². The molecule has 0 atom stereocenters. The molecule has 0 rings (SSSR count). The fourth-order valence-electron chi connectivity index (χ4n) is 2.01. The van der Waals surface area contributed by atoms with Crippen LogP contribution in [0, 0.1) is 0 Å². The van der Waals surface area contributed by atoms with Gasteiger partial charge in [-0.25, -0.2) is 0 Å². The van der Waals surface area contributed by atoms with Crippen LogP contribution in [0.15, 0.2) is 0 Å². The first-order valence-electron chi connectivity index (χ1n) is 7.02. The molecule has 0 bridgehead atoms. The van der Waals surface area contributed by atoms with Gasteiger partial charge in [0.05, 0.1) is 0 Å². The summed E-state index contributed by atoms with van der Waals surface area (Å²) in [7, 11) is 0.320. The monoisotopic (exact) mass is 256 g/mol. The average Bonchev–Trinajstić information content (AvgIpc) is 2.11. The molecule has 0 aromatic carbocycles. The number of hydrogen-bond acceptors (Lipinski definition) is 0. The summed E-state index contributed by atoms with van der Waals surface area (Å²) >= 11 is 0. The summed E-state index contributed by atoms with van der Waals surface area (Å²) in [4.78, 5) is 0. The predicted octanol–water partition coefficient (Wildman–Crippen LogP) is 5.62. The van der Waals surface area contributed by atoms with E-state index in [4.69, 9.17) is 0 Å². The Morgan fingerprint density at radius 2 is 1.50 bits per heavy atom. The molecular formula is C14H32Si2. The lowest BCUT2D eigenvalue weighted by atomic mass is 10.2. The summed E-state index contributed by atoms with van der Waals surface area (Å²) in [6.45, 7) is 14.6. The minimum Gasteiger partial charge on any atom is -0.0693 e. The zero-order valence-corrected chi connectivity index (χ0v) is 14.4. The SMILES string of the molecule is CCCCC[Si](C)(C)CCC[Si]C(C)(C)C. The van der Waals surface area contributed by atoms with Crippen LogP contribution in [0.4, 0.5) is 0 Å². The number of rotatable bonds is 8.